The lowest BCUT2D eigenvalue weighted by Crippen LogP contribution is -2.47. The van der Waals surface area contributed by atoms with Gasteiger partial charge >= 0.3 is 0 Å². The van der Waals surface area contributed by atoms with Crippen LogP contribution in [0.3, 0.4) is 0 Å². The van der Waals surface area contributed by atoms with Crippen LogP contribution in [0.25, 0.3) is 0 Å². The van der Waals surface area contributed by atoms with Gasteiger partial charge in [0, 0.05) is 26.7 Å². The fourth-order valence-corrected chi connectivity index (χ4v) is 3.13. The van der Waals surface area contributed by atoms with E-state index in [1.807, 2.05) is 11.9 Å². The maximum Gasteiger partial charge on any atom is 0.239 e. The van der Waals surface area contributed by atoms with Crippen molar-refractivity contribution in [2.75, 3.05) is 20.7 Å². The van der Waals surface area contributed by atoms with Gasteiger partial charge in [-0.05, 0) is 38.0 Å². The Morgan fingerprint density at radius 2 is 1.94 bits per heavy atom. The molecule has 1 aliphatic carbocycles. The van der Waals surface area contributed by atoms with Crippen molar-refractivity contribution in [3.05, 3.63) is 0 Å². The lowest BCUT2D eigenvalue weighted by molar-refractivity contribution is -0.134. The summed E-state index contributed by atoms with van der Waals surface area (Å²) >= 11 is 0. The predicted molar refractivity (Wildman–Crippen MR) is 71.4 cm³/mol. The molecule has 0 aromatic heterocycles. The second kappa shape index (κ2) is 6.02. The van der Waals surface area contributed by atoms with E-state index in [-0.39, 0.29) is 18.1 Å². The highest BCUT2D eigenvalue weighted by Gasteiger charge is 2.34. The number of carbonyl (C=O) groups is 1. The lowest BCUT2D eigenvalue weighted by atomic mass is 9.86. The molecule has 18 heavy (non-hydrogen) atoms. The highest BCUT2D eigenvalue weighted by atomic mass is 16.5. The maximum absolute atomic E-state index is 12.4. The van der Waals surface area contributed by atoms with Gasteiger partial charge < -0.3 is 15.0 Å². The number of nitrogens with zero attached hydrogens (tertiary/aromatic N) is 1. The number of hydrogen-bond donors (Lipinski definition) is 1. The van der Waals surface area contributed by atoms with Gasteiger partial charge in [0.05, 0.1) is 12.1 Å². The number of likely N-dealkylation sites (N-methyl/N-ethyl adjacent to an activating group) is 1. The zero-order chi connectivity index (χ0) is 13.1. The third-order valence-electron chi connectivity index (χ3n) is 4.60. The summed E-state index contributed by atoms with van der Waals surface area (Å²) in [7, 11) is 3.68. The van der Waals surface area contributed by atoms with E-state index >= 15 is 0 Å². The van der Waals surface area contributed by atoms with Crippen LogP contribution in [0.2, 0.25) is 0 Å². The van der Waals surface area contributed by atoms with Crippen LogP contribution in [-0.2, 0) is 9.53 Å². The average molecular weight is 254 g/mol. The van der Waals surface area contributed by atoms with Gasteiger partial charge in [0.2, 0.25) is 5.91 Å². The van der Waals surface area contributed by atoms with E-state index in [4.69, 9.17) is 4.74 Å². The third-order valence-corrected chi connectivity index (χ3v) is 4.60. The second-order valence-electron chi connectivity index (χ2n) is 5.92. The molecule has 2 fully saturated rings. The van der Waals surface area contributed by atoms with E-state index in [1.54, 1.807) is 7.11 Å². The number of rotatable bonds is 3. The van der Waals surface area contributed by atoms with E-state index in [0.717, 1.165) is 31.7 Å². The van der Waals surface area contributed by atoms with Crippen molar-refractivity contribution >= 4 is 5.91 Å². The molecule has 4 heteroatoms. The SMILES string of the molecule is COC1CNC(C(=O)N(C)C2CCC(C)CC2)C1. The van der Waals surface area contributed by atoms with E-state index in [9.17, 15) is 4.79 Å². The Morgan fingerprint density at radius 3 is 2.50 bits per heavy atom. The fraction of sp³-hybridized carbons (Fsp3) is 0.929. The second-order valence-corrected chi connectivity index (χ2v) is 5.92. The van der Waals surface area contributed by atoms with Gasteiger partial charge in [0.15, 0.2) is 0 Å². The first kappa shape index (κ1) is 13.8. The van der Waals surface area contributed by atoms with Gasteiger partial charge in [-0.3, -0.25) is 4.79 Å². The topological polar surface area (TPSA) is 41.6 Å². The van der Waals surface area contributed by atoms with Crippen molar-refractivity contribution in [3.8, 4) is 0 Å². The van der Waals surface area contributed by atoms with Gasteiger partial charge in [0.1, 0.15) is 0 Å². The zero-order valence-electron chi connectivity index (χ0n) is 11.8. The molecule has 0 aromatic carbocycles. The molecule has 1 amide bonds. The summed E-state index contributed by atoms with van der Waals surface area (Å²) in [4.78, 5) is 14.4. The molecule has 1 saturated heterocycles. The van der Waals surface area contributed by atoms with E-state index < -0.39 is 0 Å². The number of ether oxygens (including phenoxy) is 1. The van der Waals surface area contributed by atoms with Gasteiger partial charge in [-0.2, -0.15) is 0 Å². The van der Waals surface area contributed by atoms with Gasteiger partial charge in [-0.15, -0.1) is 0 Å². The monoisotopic (exact) mass is 254 g/mol. The molecule has 0 bridgehead atoms. The summed E-state index contributed by atoms with van der Waals surface area (Å²) in [5, 5.41) is 3.27. The number of methoxy groups -OCH3 is 1. The van der Waals surface area contributed by atoms with Crippen molar-refractivity contribution in [2.45, 2.75) is 57.2 Å². The number of amides is 1. The Morgan fingerprint density at radius 1 is 1.28 bits per heavy atom. The van der Waals surface area contributed by atoms with Crippen molar-refractivity contribution in [2.24, 2.45) is 5.92 Å². The molecule has 2 rings (SSSR count). The van der Waals surface area contributed by atoms with Crippen LogP contribution in [0, 0.1) is 5.92 Å². The standard InChI is InChI=1S/C14H26N2O2/c1-10-4-6-11(7-5-10)16(2)14(17)13-8-12(18-3)9-15-13/h10-13,15H,4-9H2,1-3H3. The number of nitrogens with one attached hydrogen (secondary N) is 1. The normalized spacial score (nSPS) is 36.6. The Balaban J connectivity index is 1.85. The molecule has 2 atom stereocenters. The van der Waals surface area contributed by atoms with E-state index in [1.165, 1.54) is 12.8 Å². The molecule has 2 unspecified atom stereocenters. The smallest absolute Gasteiger partial charge is 0.239 e. The van der Waals surface area contributed by atoms with Crippen LogP contribution < -0.4 is 5.32 Å². The maximum atomic E-state index is 12.4. The molecule has 0 spiro atoms. The van der Waals surface area contributed by atoms with Crippen molar-refractivity contribution in [1.82, 2.24) is 10.2 Å². The van der Waals surface area contributed by atoms with Gasteiger partial charge in [0.25, 0.3) is 0 Å². The quantitative estimate of drug-likeness (QED) is 0.828. The average Bonchev–Trinajstić information content (AvgIpc) is 2.86. The van der Waals surface area contributed by atoms with Crippen molar-refractivity contribution in [3.63, 3.8) is 0 Å². The zero-order valence-corrected chi connectivity index (χ0v) is 11.8. The first-order valence-corrected chi connectivity index (χ1v) is 7.14. The van der Waals surface area contributed by atoms with Crippen molar-refractivity contribution in [1.29, 1.82) is 0 Å². The third kappa shape index (κ3) is 3.04. The molecule has 104 valence electrons. The highest BCUT2D eigenvalue weighted by Crippen LogP contribution is 2.27. The molecule has 1 N–H and O–H groups in total. The minimum Gasteiger partial charge on any atom is -0.380 e. The van der Waals surface area contributed by atoms with Gasteiger partial charge in [-0.1, -0.05) is 6.92 Å². The summed E-state index contributed by atoms with van der Waals surface area (Å²) in [5.74, 6) is 1.07. The van der Waals surface area contributed by atoms with Crippen LogP contribution in [0.1, 0.15) is 39.0 Å². The first-order chi connectivity index (χ1) is 8.61. The van der Waals surface area contributed by atoms with Crippen LogP contribution in [0.4, 0.5) is 0 Å². The van der Waals surface area contributed by atoms with Gasteiger partial charge in [-0.25, -0.2) is 0 Å². The molecular formula is C14H26N2O2. The molecule has 1 heterocycles. The van der Waals surface area contributed by atoms with Crippen molar-refractivity contribution < 1.29 is 9.53 Å². The van der Waals surface area contributed by atoms with E-state index in [2.05, 4.69) is 12.2 Å². The summed E-state index contributed by atoms with van der Waals surface area (Å²) in [6.45, 7) is 3.10. The highest BCUT2D eigenvalue weighted by molar-refractivity contribution is 5.82. The summed E-state index contributed by atoms with van der Waals surface area (Å²) in [5.41, 5.74) is 0. The molecule has 0 radical (unpaired) electrons. The first-order valence-electron chi connectivity index (χ1n) is 7.14. The van der Waals surface area contributed by atoms with Crippen LogP contribution in [0.5, 0.6) is 0 Å². The summed E-state index contributed by atoms with van der Waals surface area (Å²) in [6, 6.07) is 0.399. The molecule has 0 aromatic rings. The number of hydrogen-bond acceptors (Lipinski definition) is 3. The van der Waals surface area contributed by atoms with Crippen LogP contribution >= 0.6 is 0 Å². The van der Waals surface area contributed by atoms with Crippen LogP contribution in [-0.4, -0.2) is 49.7 Å². The number of carbonyl (C=O) groups excluding carboxylic acids is 1. The minimum atomic E-state index is -0.0423. The van der Waals surface area contributed by atoms with E-state index in [0.29, 0.717) is 6.04 Å². The molecule has 1 aliphatic heterocycles. The largest absolute Gasteiger partial charge is 0.380 e. The Labute approximate surface area is 110 Å². The van der Waals surface area contributed by atoms with Crippen LogP contribution in [0.15, 0.2) is 0 Å². The summed E-state index contributed by atoms with van der Waals surface area (Å²) in [6.07, 6.45) is 5.82. The predicted octanol–water partition coefficient (Wildman–Crippen LogP) is 1.40. The molecule has 4 nitrogen and oxygen atoms in total. The summed E-state index contributed by atoms with van der Waals surface area (Å²) < 4.78 is 5.30. The molecule has 1 saturated carbocycles. The lowest BCUT2D eigenvalue weighted by Gasteiger charge is -2.35. The fourth-order valence-electron chi connectivity index (χ4n) is 3.13. The molecular weight excluding hydrogens is 228 g/mol. The minimum absolute atomic E-state index is 0.0423. The molecule has 2 aliphatic rings. The Bertz CT molecular complexity index is 288. The Hall–Kier alpha value is -0.610. The Kier molecular flexibility index (Phi) is 4.62.